The minimum atomic E-state index is -0.405. The Morgan fingerprint density at radius 2 is 2.05 bits per heavy atom. The first kappa shape index (κ1) is 14.5. The third kappa shape index (κ3) is 3.14. The fourth-order valence-corrected chi connectivity index (χ4v) is 2.55. The number of nitrogens with zero attached hydrogens (tertiary/aromatic N) is 3. The Morgan fingerprint density at radius 1 is 1.40 bits per heavy atom. The minimum Gasteiger partial charge on any atom is -0.347 e. The van der Waals surface area contributed by atoms with E-state index >= 15 is 0 Å². The van der Waals surface area contributed by atoms with E-state index in [0.717, 1.165) is 24.9 Å². The van der Waals surface area contributed by atoms with Gasteiger partial charge in [0.2, 0.25) is 5.91 Å². The fraction of sp³-hybridized carbons (Fsp3) is 0.500. The molecule has 0 radical (unpaired) electrons. The van der Waals surface area contributed by atoms with Crippen molar-refractivity contribution in [2.45, 2.75) is 25.4 Å². The molecule has 1 heterocycles. The molecule has 1 fully saturated rings. The fourth-order valence-electron chi connectivity index (χ4n) is 2.55. The van der Waals surface area contributed by atoms with E-state index in [9.17, 15) is 14.9 Å². The molecule has 6 nitrogen and oxygen atoms in total. The summed E-state index contributed by atoms with van der Waals surface area (Å²) < 4.78 is 0. The normalized spacial score (nSPS) is 19.0. The van der Waals surface area contributed by atoms with E-state index in [-0.39, 0.29) is 17.6 Å². The van der Waals surface area contributed by atoms with E-state index < -0.39 is 4.92 Å². The molecule has 0 aromatic heterocycles. The van der Waals surface area contributed by atoms with Crippen LogP contribution in [-0.4, -0.2) is 47.3 Å². The maximum Gasteiger partial charge on any atom is 0.269 e. The lowest BCUT2D eigenvalue weighted by atomic mass is 10.1. The van der Waals surface area contributed by atoms with Gasteiger partial charge in [-0.2, -0.15) is 0 Å². The van der Waals surface area contributed by atoms with Gasteiger partial charge in [-0.25, -0.2) is 0 Å². The summed E-state index contributed by atoms with van der Waals surface area (Å²) in [5.41, 5.74) is 1.09. The molecule has 1 aliphatic rings. The van der Waals surface area contributed by atoms with E-state index in [4.69, 9.17) is 0 Å². The summed E-state index contributed by atoms with van der Waals surface area (Å²) in [6.45, 7) is 1.55. The number of nitro benzene ring substituents is 1. The lowest BCUT2D eigenvalue weighted by Gasteiger charge is -2.26. The van der Waals surface area contributed by atoms with Crippen LogP contribution in [0.1, 0.15) is 18.4 Å². The molecule has 1 amide bonds. The van der Waals surface area contributed by atoms with Crippen LogP contribution in [0.5, 0.6) is 0 Å². The van der Waals surface area contributed by atoms with Crippen LogP contribution >= 0.6 is 0 Å². The highest BCUT2D eigenvalue weighted by molar-refractivity contribution is 5.81. The SMILES string of the molecule is CN(C)C(=O)C1CCCN1Cc1ccc([N+](=O)[O-])cc1. The Hall–Kier alpha value is -1.95. The first-order valence-corrected chi connectivity index (χ1v) is 6.67. The van der Waals surface area contributed by atoms with E-state index in [0.29, 0.717) is 6.54 Å². The zero-order valence-corrected chi connectivity index (χ0v) is 11.8. The van der Waals surface area contributed by atoms with E-state index in [1.807, 2.05) is 0 Å². The molecular weight excluding hydrogens is 258 g/mol. The van der Waals surface area contributed by atoms with Gasteiger partial charge in [-0.05, 0) is 24.9 Å². The van der Waals surface area contributed by atoms with Crippen molar-refractivity contribution < 1.29 is 9.72 Å². The van der Waals surface area contributed by atoms with Gasteiger partial charge in [-0.15, -0.1) is 0 Å². The molecule has 0 aliphatic carbocycles. The number of hydrogen-bond acceptors (Lipinski definition) is 4. The smallest absolute Gasteiger partial charge is 0.269 e. The minimum absolute atomic E-state index is 0.0693. The monoisotopic (exact) mass is 277 g/mol. The predicted molar refractivity (Wildman–Crippen MR) is 75.2 cm³/mol. The molecular formula is C14H19N3O3. The van der Waals surface area contributed by atoms with Crippen LogP contribution in [0, 0.1) is 10.1 Å². The van der Waals surface area contributed by atoms with Crippen molar-refractivity contribution in [1.29, 1.82) is 0 Å². The standard InChI is InChI=1S/C14H19N3O3/c1-15(2)14(18)13-4-3-9-16(13)10-11-5-7-12(8-6-11)17(19)20/h5-8,13H,3-4,9-10H2,1-2H3. The average Bonchev–Trinajstić information content (AvgIpc) is 2.86. The second-order valence-electron chi connectivity index (χ2n) is 5.28. The molecule has 108 valence electrons. The van der Waals surface area contributed by atoms with Gasteiger partial charge in [-0.1, -0.05) is 12.1 Å². The van der Waals surface area contributed by atoms with Crippen LogP contribution in [0.15, 0.2) is 24.3 Å². The number of rotatable bonds is 4. The van der Waals surface area contributed by atoms with Crippen molar-refractivity contribution >= 4 is 11.6 Å². The van der Waals surface area contributed by atoms with Crippen LogP contribution in [0.2, 0.25) is 0 Å². The van der Waals surface area contributed by atoms with Gasteiger partial charge in [0.1, 0.15) is 0 Å². The lowest BCUT2D eigenvalue weighted by molar-refractivity contribution is -0.384. The van der Waals surface area contributed by atoms with Crippen LogP contribution in [0.25, 0.3) is 0 Å². The van der Waals surface area contributed by atoms with Crippen molar-refractivity contribution in [3.05, 3.63) is 39.9 Å². The van der Waals surface area contributed by atoms with Crippen molar-refractivity contribution in [3.63, 3.8) is 0 Å². The van der Waals surface area contributed by atoms with Gasteiger partial charge in [-0.3, -0.25) is 19.8 Å². The first-order chi connectivity index (χ1) is 9.49. The Morgan fingerprint density at radius 3 is 2.60 bits per heavy atom. The summed E-state index contributed by atoms with van der Waals surface area (Å²) in [6, 6.07) is 6.46. The zero-order chi connectivity index (χ0) is 14.7. The van der Waals surface area contributed by atoms with Crippen LogP contribution in [-0.2, 0) is 11.3 Å². The molecule has 6 heteroatoms. The number of benzene rings is 1. The quantitative estimate of drug-likeness (QED) is 0.620. The van der Waals surface area contributed by atoms with Crippen LogP contribution in [0.3, 0.4) is 0 Å². The average molecular weight is 277 g/mol. The molecule has 0 spiro atoms. The maximum absolute atomic E-state index is 12.1. The number of nitro groups is 1. The molecule has 1 aromatic rings. The van der Waals surface area contributed by atoms with Gasteiger partial charge in [0, 0.05) is 32.8 Å². The number of amides is 1. The molecule has 0 N–H and O–H groups in total. The number of hydrogen-bond donors (Lipinski definition) is 0. The van der Waals surface area contributed by atoms with E-state index in [2.05, 4.69) is 4.90 Å². The van der Waals surface area contributed by atoms with Gasteiger partial charge in [0.25, 0.3) is 5.69 Å². The zero-order valence-electron chi connectivity index (χ0n) is 11.8. The molecule has 20 heavy (non-hydrogen) atoms. The summed E-state index contributed by atoms with van der Waals surface area (Å²) in [4.78, 5) is 26.1. The Labute approximate surface area is 118 Å². The summed E-state index contributed by atoms with van der Waals surface area (Å²) in [5, 5.41) is 10.6. The third-order valence-electron chi connectivity index (χ3n) is 3.62. The number of carbonyl (C=O) groups is 1. The topological polar surface area (TPSA) is 66.7 Å². The number of likely N-dealkylation sites (tertiary alicyclic amines) is 1. The largest absolute Gasteiger partial charge is 0.347 e. The molecule has 1 unspecified atom stereocenters. The van der Waals surface area contributed by atoms with Crippen LogP contribution in [0.4, 0.5) is 5.69 Å². The second-order valence-corrected chi connectivity index (χ2v) is 5.28. The first-order valence-electron chi connectivity index (χ1n) is 6.67. The molecule has 1 atom stereocenters. The van der Waals surface area contributed by atoms with E-state index in [1.165, 1.54) is 12.1 Å². The number of likely N-dealkylation sites (N-methyl/N-ethyl adjacent to an activating group) is 1. The molecule has 2 rings (SSSR count). The highest BCUT2D eigenvalue weighted by Gasteiger charge is 2.31. The number of non-ortho nitro benzene ring substituents is 1. The van der Waals surface area contributed by atoms with Gasteiger partial charge in [0.05, 0.1) is 11.0 Å². The molecule has 0 bridgehead atoms. The van der Waals surface area contributed by atoms with Gasteiger partial charge in [0.15, 0.2) is 0 Å². The summed E-state index contributed by atoms with van der Waals surface area (Å²) in [5.74, 6) is 0.129. The number of carbonyl (C=O) groups excluding carboxylic acids is 1. The second kappa shape index (κ2) is 6.00. The van der Waals surface area contributed by atoms with Gasteiger partial charge >= 0.3 is 0 Å². The summed E-state index contributed by atoms with van der Waals surface area (Å²) in [7, 11) is 3.54. The van der Waals surface area contributed by atoms with Crippen molar-refractivity contribution in [2.24, 2.45) is 0 Å². The Bertz CT molecular complexity index is 499. The Kier molecular flexibility index (Phi) is 4.34. The third-order valence-corrected chi connectivity index (χ3v) is 3.62. The summed E-state index contributed by atoms with van der Waals surface area (Å²) >= 11 is 0. The maximum atomic E-state index is 12.1. The predicted octanol–water partition coefficient (Wildman–Crippen LogP) is 1.65. The van der Waals surface area contributed by atoms with Gasteiger partial charge < -0.3 is 4.90 Å². The summed E-state index contributed by atoms with van der Waals surface area (Å²) in [6.07, 6.45) is 1.89. The molecule has 1 saturated heterocycles. The highest BCUT2D eigenvalue weighted by Crippen LogP contribution is 2.22. The Balaban J connectivity index is 2.05. The molecule has 0 saturated carbocycles. The molecule has 1 aromatic carbocycles. The highest BCUT2D eigenvalue weighted by atomic mass is 16.6. The lowest BCUT2D eigenvalue weighted by Crippen LogP contribution is -2.42. The van der Waals surface area contributed by atoms with Crippen molar-refractivity contribution in [1.82, 2.24) is 9.80 Å². The van der Waals surface area contributed by atoms with Crippen LogP contribution < -0.4 is 0 Å². The van der Waals surface area contributed by atoms with Crippen molar-refractivity contribution in [3.8, 4) is 0 Å². The van der Waals surface area contributed by atoms with Crippen molar-refractivity contribution in [2.75, 3.05) is 20.6 Å². The molecule has 1 aliphatic heterocycles. The van der Waals surface area contributed by atoms with E-state index in [1.54, 1.807) is 31.1 Å².